The van der Waals surface area contributed by atoms with E-state index >= 15 is 0 Å². The SMILES string of the molecule is CCCS(=O)(=O)N1CCCC1C(=O)Nc1ccc(CC(=O)NCC(=O)OC)cc1. The molecule has 0 aliphatic carbocycles. The number of amides is 2. The van der Waals surface area contributed by atoms with Crippen LogP contribution < -0.4 is 10.6 Å². The average molecular weight is 426 g/mol. The van der Waals surface area contributed by atoms with Gasteiger partial charge in [0.2, 0.25) is 21.8 Å². The van der Waals surface area contributed by atoms with Crippen molar-refractivity contribution < 1.29 is 27.5 Å². The van der Waals surface area contributed by atoms with E-state index in [0.717, 1.165) is 0 Å². The van der Waals surface area contributed by atoms with Crippen molar-refractivity contribution in [1.82, 2.24) is 9.62 Å². The van der Waals surface area contributed by atoms with Gasteiger partial charge in [-0.05, 0) is 37.0 Å². The smallest absolute Gasteiger partial charge is 0.325 e. The van der Waals surface area contributed by atoms with Crippen molar-refractivity contribution in [3.05, 3.63) is 29.8 Å². The van der Waals surface area contributed by atoms with Gasteiger partial charge in [0, 0.05) is 12.2 Å². The van der Waals surface area contributed by atoms with Crippen molar-refractivity contribution in [2.45, 2.75) is 38.6 Å². The molecule has 1 fully saturated rings. The molecule has 0 radical (unpaired) electrons. The maximum Gasteiger partial charge on any atom is 0.325 e. The van der Waals surface area contributed by atoms with Crippen molar-refractivity contribution >= 4 is 33.5 Å². The lowest BCUT2D eigenvalue weighted by Crippen LogP contribution is -2.44. The number of sulfonamides is 1. The Labute approximate surface area is 170 Å². The number of hydrogen-bond acceptors (Lipinski definition) is 6. The van der Waals surface area contributed by atoms with Crippen LogP contribution in [-0.4, -0.2) is 62.5 Å². The summed E-state index contributed by atoms with van der Waals surface area (Å²) in [7, 11) is -2.19. The lowest BCUT2D eigenvalue weighted by Gasteiger charge is -2.23. The number of nitrogens with zero attached hydrogens (tertiary/aromatic N) is 1. The summed E-state index contributed by atoms with van der Waals surface area (Å²) in [6.45, 7) is 1.96. The number of rotatable bonds is 9. The molecule has 10 heteroatoms. The number of methoxy groups -OCH3 is 1. The molecule has 2 rings (SSSR count). The van der Waals surface area contributed by atoms with E-state index in [1.807, 2.05) is 0 Å². The van der Waals surface area contributed by atoms with Crippen molar-refractivity contribution in [3.8, 4) is 0 Å². The number of benzene rings is 1. The Morgan fingerprint density at radius 2 is 1.90 bits per heavy atom. The molecule has 0 saturated carbocycles. The minimum Gasteiger partial charge on any atom is -0.468 e. The summed E-state index contributed by atoms with van der Waals surface area (Å²) in [5.41, 5.74) is 1.23. The van der Waals surface area contributed by atoms with E-state index in [-0.39, 0.29) is 30.5 Å². The van der Waals surface area contributed by atoms with Gasteiger partial charge < -0.3 is 15.4 Å². The maximum atomic E-state index is 12.6. The van der Waals surface area contributed by atoms with Gasteiger partial charge in [-0.1, -0.05) is 19.1 Å². The van der Waals surface area contributed by atoms with Crippen LogP contribution in [-0.2, 0) is 35.6 Å². The molecule has 1 aliphatic rings. The number of carbonyl (C=O) groups is 3. The highest BCUT2D eigenvalue weighted by Gasteiger charge is 2.38. The Bertz CT molecular complexity index is 838. The zero-order valence-corrected chi connectivity index (χ0v) is 17.5. The van der Waals surface area contributed by atoms with Crippen molar-refractivity contribution in [3.63, 3.8) is 0 Å². The van der Waals surface area contributed by atoms with Crippen LogP contribution in [0.5, 0.6) is 0 Å². The molecule has 0 bridgehead atoms. The Kier molecular flexibility index (Phi) is 8.15. The summed E-state index contributed by atoms with van der Waals surface area (Å²) in [6.07, 6.45) is 1.73. The first-order valence-corrected chi connectivity index (χ1v) is 11.1. The Balaban J connectivity index is 1.92. The molecule has 2 N–H and O–H groups in total. The van der Waals surface area contributed by atoms with Gasteiger partial charge in [0.05, 0.1) is 19.3 Å². The van der Waals surface area contributed by atoms with E-state index in [1.165, 1.54) is 11.4 Å². The Morgan fingerprint density at radius 1 is 1.21 bits per heavy atom. The van der Waals surface area contributed by atoms with Crippen LogP contribution in [0.2, 0.25) is 0 Å². The van der Waals surface area contributed by atoms with Gasteiger partial charge in [-0.15, -0.1) is 0 Å². The quantitative estimate of drug-likeness (QED) is 0.561. The van der Waals surface area contributed by atoms with Gasteiger partial charge in [0.15, 0.2) is 0 Å². The summed E-state index contributed by atoms with van der Waals surface area (Å²) in [5, 5.41) is 5.20. The Morgan fingerprint density at radius 3 is 2.52 bits per heavy atom. The molecule has 0 spiro atoms. The number of anilines is 1. The standard InChI is InChI=1S/C19H27N3O6S/c1-3-11-29(26,27)22-10-4-5-16(22)19(25)21-15-8-6-14(7-9-15)12-17(23)20-13-18(24)28-2/h6-9,16H,3-5,10-13H2,1-2H3,(H,20,23)(H,21,25). The lowest BCUT2D eigenvalue weighted by molar-refractivity contribution is -0.141. The molecule has 1 heterocycles. The molecule has 1 saturated heterocycles. The van der Waals surface area contributed by atoms with Crippen molar-refractivity contribution in [2.75, 3.05) is 31.3 Å². The minimum absolute atomic E-state index is 0.0313. The van der Waals surface area contributed by atoms with Gasteiger partial charge in [0.1, 0.15) is 12.6 Å². The molecule has 29 heavy (non-hydrogen) atoms. The molecule has 160 valence electrons. The predicted molar refractivity (Wildman–Crippen MR) is 108 cm³/mol. The van der Waals surface area contributed by atoms with E-state index in [9.17, 15) is 22.8 Å². The first kappa shape index (κ1) is 22.8. The summed E-state index contributed by atoms with van der Waals surface area (Å²) < 4.78 is 30.4. The fraction of sp³-hybridized carbons (Fsp3) is 0.526. The highest BCUT2D eigenvalue weighted by Crippen LogP contribution is 2.23. The molecular weight excluding hydrogens is 398 g/mol. The average Bonchev–Trinajstić information content (AvgIpc) is 3.18. The molecule has 1 aromatic rings. The second-order valence-electron chi connectivity index (χ2n) is 6.80. The number of esters is 1. The molecule has 1 aromatic carbocycles. The van der Waals surface area contributed by atoms with Gasteiger partial charge in [-0.2, -0.15) is 4.31 Å². The van der Waals surface area contributed by atoms with E-state index in [1.54, 1.807) is 31.2 Å². The van der Waals surface area contributed by atoms with Gasteiger partial charge in [-0.3, -0.25) is 14.4 Å². The number of ether oxygens (including phenoxy) is 1. The van der Waals surface area contributed by atoms with Gasteiger partial charge >= 0.3 is 5.97 Å². The van der Waals surface area contributed by atoms with Gasteiger partial charge in [-0.25, -0.2) is 8.42 Å². The topological polar surface area (TPSA) is 122 Å². The van der Waals surface area contributed by atoms with Crippen LogP contribution >= 0.6 is 0 Å². The zero-order valence-electron chi connectivity index (χ0n) is 16.6. The highest BCUT2D eigenvalue weighted by molar-refractivity contribution is 7.89. The second-order valence-corrected chi connectivity index (χ2v) is 8.84. The summed E-state index contributed by atoms with van der Waals surface area (Å²) >= 11 is 0. The van der Waals surface area contributed by atoms with Crippen LogP contribution in [0.3, 0.4) is 0 Å². The van der Waals surface area contributed by atoms with Crippen LogP contribution in [0.1, 0.15) is 31.7 Å². The zero-order chi connectivity index (χ0) is 21.4. The molecule has 0 aromatic heterocycles. The first-order chi connectivity index (χ1) is 13.8. The Hall–Kier alpha value is -2.46. The third-order valence-electron chi connectivity index (χ3n) is 4.57. The fourth-order valence-electron chi connectivity index (χ4n) is 3.13. The summed E-state index contributed by atoms with van der Waals surface area (Å²) in [4.78, 5) is 35.4. The van der Waals surface area contributed by atoms with Crippen molar-refractivity contribution in [2.24, 2.45) is 0 Å². The molecule has 1 atom stereocenters. The molecule has 2 amide bonds. The lowest BCUT2D eigenvalue weighted by atomic mass is 10.1. The summed E-state index contributed by atoms with van der Waals surface area (Å²) in [5.74, 6) is -1.18. The van der Waals surface area contributed by atoms with E-state index < -0.39 is 22.0 Å². The normalized spacial score (nSPS) is 17.0. The number of carbonyl (C=O) groups excluding carboxylic acids is 3. The second kappa shape index (κ2) is 10.4. The van der Waals surface area contributed by atoms with Crippen LogP contribution in [0.4, 0.5) is 5.69 Å². The molecule has 9 nitrogen and oxygen atoms in total. The summed E-state index contributed by atoms with van der Waals surface area (Å²) in [6, 6.07) is 5.98. The third-order valence-corrected chi connectivity index (χ3v) is 6.65. The fourth-order valence-corrected chi connectivity index (χ4v) is 4.88. The third kappa shape index (κ3) is 6.53. The van der Waals surface area contributed by atoms with Crippen LogP contribution in [0.15, 0.2) is 24.3 Å². The maximum absolute atomic E-state index is 12.6. The highest BCUT2D eigenvalue weighted by atomic mass is 32.2. The number of hydrogen-bond donors (Lipinski definition) is 2. The monoisotopic (exact) mass is 425 g/mol. The predicted octanol–water partition coefficient (Wildman–Crippen LogP) is 0.661. The minimum atomic E-state index is -3.44. The largest absolute Gasteiger partial charge is 0.468 e. The van der Waals surface area contributed by atoms with Gasteiger partial charge in [0.25, 0.3) is 0 Å². The molecule has 1 aliphatic heterocycles. The molecular formula is C19H27N3O6S. The number of nitrogens with one attached hydrogen (secondary N) is 2. The van der Waals surface area contributed by atoms with E-state index in [4.69, 9.17) is 0 Å². The van der Waals surface area contributed by atoms with Crippen molar-refractivity contribution in [1.29, 1.82) is 0 Å². The van der Waals surface area contributed by atoms with Crippen LogP contribution in [0.25, 0.3) is 0 Å². The first-order valence-electron chi connectivity index (χ1n) is 9.49. The molecule has 1 unspecified atom stereocenters. The van der Waals surface area contributed by atoms with E-state index in [2.05, 4.69) is 15.4 Å². The van der Waals surface area contributed by atoms with E-state index in [0.29, 0.717) is 37.1 Å². The van der Waals surface area contributed by atoms with Crippen LogP contribution in [0, 0.1) is 0 Å².